The van der Waals surface area contributed by atoms with Crippen molar-refractivity contribution in [2.75, 3.05) is 7.11 Å². The van der Waals surface area contributed by atoms with Crippen LogP contribution in [0.2, 0.25) is 0 Å². The molecule has 1 aliphatic rings. The molecule has 0 saturated heterocycles. The van der Waals surface area contributed by atoms with Gasteiger partial charge >= 0.3 is 12.1 Å². The first-order valence-corrected chi connectivity index (χ1v) is 5.30. The molecule has 96 valence electrons. The van der Waals surface area contributed by atoms with Crippen LogP contribution >= 0.6 is 0 Å². The topological polar surface area (TPSA) is 81.7 Å². The van der Waals surface area contributed by atoms with Gasteiger partial charge in [0.1, 0.15) is 11.9 Å². The second-order valence-corrected chi connectivity index (χ2v) is 5.04. The molecule has 0 heterocycles. The predicted octanol–water partition coefficient (Wildman–Crippen LogP) is 0.642. The highest BCUT2D eigenvalue weighted by Crippen LogP contribution is 2.43. The second kappa shape index (κ2) is 4.35. The van der Waals surface area contributed by atoms with Crippen LogP contribution in [0.25, 0.3) is 0 Å². The predicted molar refractivity (Wildman–Crippen MR) is 58.3 cm³/mol. The molecule has 0 radical (unpaired) electrons. The Labute approximate surface area is 99.6 Å². The highest BCUT2D eigenvalue weighted by Gasteiger charge is 2.63. The van der Waals surface area contributed by atoms with Crippen LogP contribution in [0.3, 0.4) is 0 Å². The number of carbonyl (C=O) groups is 3. The molecule has 0 aliphatic heterocycles. The van der Waals surface area contributed by atoms with E-state index in [1.54, 1.807) is 20.8 Å². The summed E-state index contributed by atoms with van der Waals surface area (Å²) in [4.78, 5) is 33.7. The third-order valence-corrected chi connectivity index (χ3v) is 2.45. The van der Waals surface area contributed by atoms with Gasteiger partial charge < -0.3 is 19.6 Å². The molecular formula is C11H17NO5. The van der Waals surface area contributed by atoms with Crippen LogP contribution in [-0.4, -0.2) is 36.6 Å². The minimum Gasteiger partial charge on any atom is -0.467 e. The molecule has 1 rings (SSSR count). The van der Waals surface area contributed by atoms with Gasteiger partial charge in [-0.2, -0.15) is 0 Å². The van der Waals surface area contributed by atoms with Gasteiger partial charge in [-0.1, -0.05) is 0 Å². The fourth-order valence-corrected chi connectivity index (χ4v) is 1.55. The first-order valence-electron chi connectivity index (χ1n) is 5.30. The first-order chi connectivity index (χ1) is 7.75. The maximum atomic E-state index is 11.5. The fourth-order valence-electron chi connectivity index (χ4n) is 1.55. The molecule has 0 spiro atoms. The highest BCUT2D eigenvalue weighted by atomic mass is 16.6. The Balaban J connectivity index is 2.68. The molecule has 1 unspecified atom stereocenters. The zero-order valence-corrected chi connectivity index (χ0v) is 10.4. The maximum absolute atomic E-state index is 11.5. The number of amides is 1. The van der Waals surface area contributed by atoms with Crippen LogP contribution in [0.15, 0.2) is 0 Å². The van der Waals surface area contributed by atoms with E-state index >= 15 is 0 Å². The number of carbonyl (C=O) groups excluding carboxylic acids is 3. The van der Waals surface area contributed by atoms with Gasteiger partial charge in [-0.05, 0) is 27.2 Å². The van der Waals surface area contributed by atoms with Crippen molar-refractivity contribution in [2.24, 2.45) is 5.92 Å². The molecule has 0 bridgehead atoms. The third-order valence-electron chi connectivity index (χ3n) is 2.45. The monoisotopic (exact) mass is 243 g/mol. The van der Waals surface area contributed by atoms with E-state index < -0.39 is 29.1 Å². The van der Waals surface area contributed by atoms with Gasteiger partial charge in [0.25, 0.3) is 0 Å². The highest BCUT2D eigenvalue weighted by molar-refractivity contribution is 5.94. The zero-order valence-electron chi connectivity index (χ0n) is 10.4. The van der Waals surface area contributed by atoms with Gasteiger partial charge in [0.15, 0.2) is 5.54 Å². The summed E-state index contributed by atoms with van der Waals surface area (Å²) in [6, 6.07) is 0. The van der Waals surface area contributed by atoms with Crippen molar-refractivity contribution >= 4 is 18.3 Å². The largest absolute Gasteiger partial charge is 0.467 e. The van der Waals surface area contributed by atoms with Gasteiger partial charge in [0.2, 0.25) is 0 Å². The number of hydrogen-bond acceptors (Lipinski definition) is 5. The quantitative estimate of drug-likeness (QED) is 0.581. The van der Waals surface area contributed by atoms with Crippen molar-refractivity contribution < 1.29 is 23.9 Å². The number of methoxy groups -OCH3 is 1. The zero-order chi connectivity index (χ0) is 13.3. The van der Waals surface area contributed by atoms with Crippen LogP contribution < -0.4 is 5.32 Å². The van der Waals surface area contributed by atoms with E-state index in [-0.39, 0.29) is 6.42 Å². The molecule has 2 atom stereocenters. The van der Waals surface area contributed by atoms with Crippen molar-refractivity contribution in [3.05, 3.63) is 0 Å². The molecule has 1 saturated carbocycles. The number of rotatable bonds is 3. The smallest absolute Gasteiger partial charge is 0.408 e. The molecule has 1 N–H and O–H groups in total. The van der Waals surface area contributed by atoms with Crippen molar-refractivity contribution in [1.29, 1.82) is 0 Å². The van der Waals surface area contributed by atoms with E-state index in [2.05, 4.69) is 10.1 Å². The summed E-state index contributed by atoms with van der Waals surface area (Å²) in [7, 11) is 1.21. The molecule has 6 nitrogen and oxygen atoms in total. The summed E-state index contributed by atoms with van der Waals surface area (Å²) in [5, 5.41) is 2.41. The maximum Gasteiger partial charge on any atom is 0.408 e. The van der Waals surface area contributed by atoms with E-state index in [1.807, 2.05) is 0 Å². The SMILES string of the molecule is COC(=O)[C@]1(NC(=O)OC(C)(C)C)CC1C=O. The number of ether oxygens (including phenoxy) is 2. The third kappa shape index (κ3) is 2.95. The lowest BCUT2D eigenvalue weighted by molar-refractivity contribution is -0.145. The fraction of sp³-hybridized carbons (Fsp3) is 0.727. The number of alkyl carbamates (subject to hydrolysis) is 1. The molecule has 1 fully saturated rings. The van der Waals surface area contributed by atoms with E-state index in [1.165, 1.54) is 7.11 Å². The first kappa shape index (κ1) is 13.5. The Bertz CT molecular complexity index is 346. The Morgan fingerprint density at radius 3 is 2.35 bits per heavy atom. The van der Waals surface area contributed by atoms with Crippen molar-refractivity contribution in [2.45, 2.75) is 38.3 Å². The van der Waals surface area contributed by atoms with Crippen LogP contribution in [0.1, 0.15) is 27.2 Å². The van der Waals surface area contributed by atoms with Crippen LogP contribution in [-0.2, 0) is 19.1 Å². The molecule has 6 heteroatoms. The summed E-state index contributed by atoms with van der Waals surface area (Å²) in [5.74, 6) is -1.16. The van der Waals surface area contributed by atoms with Gasteiger partial charge in [-0.25, -0.2) is 9.59 Å². The number of esters is 1. The Hall–Kier alpha value is -1.59. The molecule has 0 aromatic carbocycles. The van der Waals surface area contributed by atoms with Crippen molar-refractivity contribution in [3.63, 3.8) is 0 Å². The standard InChI is InChI=1S/C11H17NO5/c1-10(2,3)17-9(15)12-11(8(14)16-4)5-7(11)6-13/h6-7H,5H2,1-4H3,(H,12,15)/t7?,11-/m0/s1. The molecule has 1 aliphatic carbocycles. The lowest BCUT2D eigenvalue weighted by atomic mass is 10.2. The average Bonchev–Trinajstić information content (AvgIpc) is 2.88. The average molecular weight is 243 g/mol. The van der Waals surface area contributed by atoms with Gasteiger partial charge in [-0.3, -0.25) is 0 Å². The summed E-state index contributed by atoms with van der Waals surface area (Å²) in [6.45, 7) is 5.13. The minimum atomic E-state index is -1.24. The molecular weight excluding hydrogens is 226 g/mol. The van der Waals surface area contributed by atoms with E-state index in [9.17, 15) is 14.4 Å². The summed E-state index contributed by atoms with van der Waals surface area (Å²) < 4.78 is 9.60. The van der Waals surface area contributed by atoms with E-state index in [0.717, 1.165) is 0 Å². The van der Waals surface area contributed by atoms with Crippen molar-refractivity contribution in [1.82, 2.24) is 5.32 Å². The van der Waals surface area contributed by atoms with E-state index in [0.29, 0.717) is 6.29 Å². The number of nitrogens with one attached hydrogen (secondary N) is 1. The minimum absolute atomic E-state index is 0.252. The normalized spacial score (nSPS) is 26.9. The van der Waals surface area contributed by atoms with E-state index in [4.69, 9.17) is 4.74 Å². The number of hydrogen-bond donors (Lipinski definition) is 1. The van der Waals surface area contributed by atoms with Gasteiger partial charge in [0.05, 0.1) is 13.0 Å². The van der Waals surface area contributed by atoms with Crippen LogP contribution in [0, 0.1) is 5.92 Å². The molecule has 0 aromatic heterocycles. The van der Waals surface area contributed by atoms with Gasteiger partial charge in [0, 0.05) is 0 Å². The summed E-state index contributed by atoms with van der Waals surface area (Å²) in [5.41, 5.74) is -1.90. The van der Waals surface area contributed by atoms with Gasteiger partial charge in [-0.15, -0.1) is 0 Å². The number of aldehydes is 1. The summed E-state index contributed by atoms with van der Waals surface area (Å²) >= 11 is 0. The summed E-state index contributed by atoms with van der Waals surface area (Å²) in [6.07, 6.45) is 0.156. The Kier molecular flexibility index (Phi) is 3.45. The molecule has 1 amide bonds. The molecule has 0 aromatic rings. The Morgan fingerprint density at radius 1 is 1.41 bits per heavy atom. The van der Waals surface area contributed by atoms with Crippen LogP contribution in [0.5, 0.6) is 0 Å². The lowest BCUT2D eigenvalue weighted by Gasteiger charge is -2.22. The Morgan fingerprint density at radius 2 is 2.00 bits per heavy atom. The van der Waals surface area contributed by atoms with Crippen LogP contribution in [0.4, 0.5) is 4.79 Å². The second-order valence-electron chi connectivity index (χ2n) is 5.04. The lowest BCUT2D eigenvalue weighted by Crippen LogP contribution is -2.47. The molecule has 17 heavy (non-hydrogen) atoms. The van der Waals surface area contributed by atoms with Crippen molar-refractivity contribution in [3.8, 4) is 0 Å².